The van der Waals surface area contributed by atoms with Crippen molar-refractivity contribution >= 4 is 114 Å². The lowest BCUT2D eigenvalue weighted by Gasteiger charge is -2.28. The first-order chi connectivity index (χ1) is 35.2. The van der Waals surface area contributed by atoms with E-state index in [9.17, 15) is 0 Å². The topological polar surface area (TPSA) is 9.72 Å². The van der Waals surface area contributed by atoms with Crippen LogP contribution in [0.4, 0.5) is 51.2 Å². The second-order valence-corrected chi connectivity index (χ2v) is 19.9. The summed E-state index contributed by atoms with van der Waals surface area (Å²) in [7, 11) is 0. The quantitative estimate of drug-likeness (QED) is 0.128. The summed E-state index contributed by atoms with van der Waals surface area (Å²) in [6.45, 7) is 0. The zero-order valence-electron chi connectivity index (χ0n) is 38.6. The smallest absolute Gasteiger partial charge is 0.0476 e. The lowest BCUT2D eigenvalue weighted by Crippen LogP contribution is -2.12. The molecule has 13 rings (SSSR count). The van der Waals surface area contributed by atoms with Gasteiger partial charge in [0.05, 0.1) is 0 Å². The molecule has 0 unspecified atom stereocenters. The number of para-hydroxylation sites is 3. The number of hydrogen-bond acceptors (Lipinski definition) is 5. The van der Waals surface area contributed by atoms with Crippen molar-refractivity contribution in [1.29, 1.82) is 0 Å². The fraction of sp³-hybridized carbons (Fsp3) is 0. The first kappa shape index (κ1) is 42.4. The van der Waals surface area contributed by atoms with Gasteiger partial charge in [-0.15, -0.1) is 22.7 Å². The Labute approximate surface area is 421 Å². The summed E-state index contributed by atoms with van der Waals surface area (Å²) in [5.41, 5.74) is 14.7. The number of thiophene rings is 2. The number of benzene rings is 11. The summed E-state index contributed by atoms with van der Waals surface area (Å²) in [4.78, 5) is 7.14. The van der Waals surface area contributed by atoms with Gasteiger partial charge in [0.2, 0.25) is 0 Å². The van der Waals surface area contributed by atoms with Crippen LogP contribution in [-0.2, 0) is 0 Å². The predicted octanol–water partition coefficient (Wildman–Crippen LogP) is 20.2. The Morgan fingerprint density at radius 1 is 0.183 bits per heavy atom. The number of rotatable bonds is 11. The first-order valence-electron chi connectivity index (χ1n) is 24.0. The number of anilines is 9. The summed E-state index contributed by atoms with van der Waals surface area (Å²) in [5.74, 6) is 0. The van der Waals surface area contributed by atoms with E-state index in [1.807, 2.05) is 22.7 Å². The number of nitrogens with zero attached hydrogens (tertiary/aromatic N) is 3. The van der Waals surface area contributed by atoms with E-state index in [0.29, 0.717) is 0 Å². The largest absolute Gasteiger partial charge is 0.311 e. The zero-order chi connectivity index (χ0) is 47.1. The average Bonchev–Trinajstić information content (AvgIpc) is 4.00. The fourth-order valence-electron chi connectivity index (χ4n) is 10.0. The molecule has 2 heterocycles. The summed E-state index contributed by atoms with van der Waals surface area (Å²) >= 11 is 3.71. The molecule has 3 nitrogen and oxygen atoms in total. The van der Waals surface area contributed by atoms with E-state index in [4.69, 9.17) is 0 Å². The van der Waals surface area contributed by atoms with Crippen molar-refractivity contribution in [2.45, 2.75) is 0 Å². The SMILES string of the molecule is c1ccc(-c2cc(-c3ccccc3)cc(N(c3ccccc3)c3ccc4c(c3)sc3cc(N(c5ccc(N(c6ccccc6)c6ccccc6)cc5)c5ccc6sc7ccccc7c6c5)ccc34)c2)cc1. The molecule has 0 saturated carbocycles. The molecule has 0 aliphatic rings. The third-order valence-electron chi connectivity index (χ3n) is 13.4. The van der Waals surface area contributed by atoms with Gasteiger partial charge < -0.3 is 14.7 Å². The molecule has 2 aromatic heterocycles. The third kappa shape index (κ3) is 8.07. The van der Waals surface area contributed by atoms with Crippen LogP contribution in [0.3, 0.4) is 0 Å². The highest BCUT2D eigenvalue weighted by Gasteiger charge is 2.21. The van der Waals surface area contributed by atoms with Gasteiger partial charge in [-0.2, -0.15) is 0 Å². The van der Waals surface area contributed by atoms with E-state index >= 15 is 0 Å². The molecule has 5 heteroatoms. The van der Waals surface area contributed by atoms with Crippen LogP contribution in [0.5, 0.6) is 0 Å². The van der Waals surface area contributed by atoms with Crippen molar-refractivity contribution < 1.29 is 0 Å². The van der Waals surface area contributed by atoms with Gasteiger partial charge in [0.1, 0.15) is 0 Å². The highest BCUT2D eigenvalue weighted by Crippen LogP contribution is 2.47. The highest BCUT2D eigenvalue weighted by atomic mass is 32.1. The van der Waals surface area contributed by atoms with Crippen molar-refractivity contribution in [3.05, 3.63) is 273 Å². The Morgan fingerprint density at radius 2 is 0.521 bits per heavy atom. The minimum absolute atomic E-state index is 1.09. The maximum atomic E-state index is 2.42. The molecule has 0 aliphatic carbocycles. The number of fused-ring (bicyclic) bond motifs is 6. The molecule has 0 fully saturated rings. The molecular formula is C66H45N3S2. The van der Waals surface area contributed by atoms with Gasteiger partial charge in [0.15, 0.2) is 0 Å². The molecule has 11 aromatic carbocycles. The molecule has 336 valence electrons. The Morgan fingerprint density at radius 3 is 1.03 bits per heavy atom. The monoisotopic (exact) mass is 943 g/mol. The maximum absolute atomic E-state index is 2.42. The van der Waals surface area contributed by atoms with Gasteiger partial charge in [-0.25, -0.2) is 0 Å². The summed E-state index contributed by atoms with van der Waals surface area (Å²) in [6, 6.07) is 99.0. The number of hydrogen-bond donors (Lipinski definition) is 0. The second-order valence-electron chi connectivity index (χ2n) is 17.8. The van der Waals surface area contributed by atoms with Crippen molar-refractivity contribution in [1.82, 2.24) is 0 Å². The molecule has 13 aromatic rings. The van der Waals surface area contributed by atoms with E-state index in [1.54, 1.807) is 0 Å². The van der Waals surface area contributed by atoms with Gasteiger partial charge in [-0.3, -0.25) is 0 Å². The van der Waals surface area contributed by atoms with Gasteiger partial charge in [-0.1, -0.05) is 146 Å². The normalized spacial score (nSPS) is 11.4. The lowest BCUT2D eigenvalue weighted by molar-refractivity contribution is 1.26. The van der Waals surface area contributed by atoms with Crippen LogP contribution in [-0.4, -0.2) is 0 Å². The molecule has 0 aliphatic heterocycles. The van der Waals surface area contributed by atoms with Crippen LogP contribution in [0.1, 0.15) is 0 Å². The van der Waals surface area contributed by atoms with Crippen LogP contribution in [0.2, 0.25) is 0 Å². The van der Waals surface area contributed by atoms with Gasteiger partial charge >= 0.3 is 0 Å². The highest BCUT2D eigenvalue weighted by molar-refractivity contribution is 7.26. The minimum atomic E-state index is 1.09. The van der Waals surface area contributed by atoms with Crippen LogP contribution >= 0.6 is 22.7 Å². The van der Waals surface area contributed by atoms with Crippen molar-refractivity contribution in [3.63, 3.8) is 0 Å². The maximum Gasteiger partial charge on any atom is 0.0476 e. The summed E-state index contributed by atoms with van der Waals surface area (Å²) in [6.07, 6.45) is 0. The van der Waals surface area contributed by atoms with E-state index in [1.165, 1.54) is 62.6 Å². The Balaban J connectivity index is 0.937. The Hall–Kier alpha value is -8.74. The third-order valence-corrected chi connectivity index (χ3v) is 15.6. The van der Waals surface area contributed by atoms with Crippen LogP contribution in [0, 0.1) is 0 Å². The molecular weight excluding hydrogens is 899 g/mol. The molecule has 0 bridgehead atoms. The molecule has 0 saturated heterocycles. The first-order valence-corrected chi connectivity index (χ1v) is 25.6. The van der Waals surface area contributed by atoms with Crippen LogP contribution < -0.4 is 14.7 Å². The lowest BCUT2D eigenvalue weighted by atomic mass is 9.97. The molecule has 0 amide bonds. The van der Waals surface area contributed by atoms with E-state index in [-0.39, 0.29) is 0 Å². The molecule has 0 atom stereocenters. The predicted molar refractivity (Wildman–Crippen MR) is 307 cm³/mol. The van der Waals surface area contributed by atoms with E-state index < -0.39 is 0 Å². The van der Waals surface area contributed by atoms with E-state index in [0.717, 1.165) is 51.2 Å². The van der Waals surface area contributed by atoms with Crippen molar-refractivity contribution in [3.8, 4) is 22.3 Å². The molecule has 0 radical (unpaired) electrons. The Kier molecular flexibility index (Phi) is 10.9. The minimum Gasteiger partial charge on any atom is -0.311 e. The van der Waals surface area contributed by atoms with E-state index in [2.05, 4.69) is 288 Å². The van der Waals surface area contributed by atoms with Crippen molar-refractivity contribution in [2.24, 2.45) is 0 Å². The van der Waals surface area contributed by atoms with Crippen molar-refractivity contribution in [2.75, 3.05) is 14.7 Å². The molecule has 0 N–H and O–H groups in total. The molecule has 71 heavy (non-hydrogen) atoms. The summed E-state index contributed by atoms with van der Waals surface area (Å²) < 4.78 is 5.06. The van der Waals surface area contributed by atoms with Gasteiger partial charge in [0.25, 0.3) is 0 Å². The van der Waals surface area contributed by atoms with Crippen LogP contribution in [0.15, 0.2) is 273 Å². The van der Waals surface area contributed by atoms with Crippen LogP contribution in [0.25, 0.3) is 62.6 Å². The second kappa shape index (κ2) is 18.3. The van der Waals surface area contributed by atoms with Gasteiger partial charge in [0, 0.05) is 91.5 Å². The zero-order valence-corrected chi connectivity index (χ0v) is 40.3. The molecule has 0 spiro atoms. The average molecular weight is 944 g/mol. The fourth-order valence-corrected chi connectivity index (χ4v) is 12.3. The van der Waals surface area contributed by atoms with Gasteiger partial charge in [-0.05, 0) is 150 Å². The summed E-state index contributed by atoms with van der Waals surface area (Å²) in [5, 5.41) is 5.06. The Bertz CT molecular complexity index is 3890. The standard InChI is InChI=1S/C66H45N3S2/c1-6-18-46(19-7-1)48-40-49(47-20-8-2-9-21-47)42-58(41-48)69(52-26-14-5-15-27-52)57-35-38-61-60-37-34-56(44-65(60)71-66(61)45-57)68(55-36-39-64-62(43-55)59-28-16-17-29-63(59)70-64)54-32-30-53(31-33-54)67(50-22-10-3-11-23-50)51-24-12-4-13-25-51/h1-45H.